The number of aliphatic hydroxyl groups is 1. The van der Waals surface area contributed by atoms with Gasteiger partial charge < -0.3 is 5.11 Å². The molecule has 0 amide bonds. The van der Waals surface area contributed by atoms with Crippen molar-refractivity contribution in [1.29, 1.82) is 0 Å². The summed E-state index contributed by atoms with van der Waals surface area (Å²) in [4.78, 5) is 0. The van der Waals surface area contributed by atoms with Gasteiger partial charge in [-0.05, 0) is 50.9 Å². The maximum Gasteiger partial charge on any atom is 0.130 e. The molecule has 1 N–H and O–H groups in total. The van der Waals surface area contributed by atoms with E-state index in [1.807, 2.05) is 14.0 Å². The second-order valence-electron chi connectivity index (χ2n) is 6.57. The summed E-state index contributed by atoms with van der Waals surface area (Å²) in [5.74, 6) is 1.62. The normalized spacial score (nSPS) is 31.7. The molecule has 0 radical (unpaired) electrons. The minimum Gasteiger partial charge on any atom is -0.390 e. The SMILES string of the molecule is Cc1nn(C)c(Cl)c1CC1(O)CCCC(C2CC2)C1. The van der Waals surface area contributed by atoms with Crippen LogP contribution in [0.2, 0.25) is 5.15 Å². The molecular formula is C15H23ClN2O. The fraction of sp³-hybridized carbons (Fsp3) is 0.800. The lowest BCUT2D eigenvalue weighted by Gasteiger charge is -2.37. The number of aromatic nitrogens is 2. The number of halogens is 1. The first-order chi connectivity index (χ1) is 8.98. The minimum atomic E-state index is -0.567. The van der Waals surface area contributed by atoms with Gasteiger partial charge in [0.05, 0.1) is 11.3 Å². The maximum atomic E-state index is 10.9. The number of hydrogen-bond acceptors (Lipinski definition) is 2. The molecule has 2 fully saturated rings. The monoisotopic (exact) mass is 282 g/mol. The Morgan fingerprint density at radius 3 is 2.68 bits per heavy atom. The van der Waals surface area contributed by atoms with Crippen LogP contribution >= 0.6 is 11.6 Å². The zero-order valence-corrected chi connectivity index (χ0v) is 12.6. The van der Waals surface area contributed by atoms with Gasteiger partial charge in [-0.1, -0.05) is 18.0 Å². The third-order valence-electron chi connectivity index (χ3n) is 4.92. The van der Waals surface area contributed by atoms with Gasteiger partial charge in [-0.15, -0.1) is 0 Å². The fourth-order valence-corrected chi connectivity index (χ4v) is 3.96. The van der Waals surface area contributed by atoms with E-state index in [-0.39, 0.29) is 0 Å². The first-order valence-corrected chi connectivity index (χ1v) is 7.77. The van der Waals surface area contributed by atoms with Crippen molar-refractivity contribution in [3.63, 3.8) is 0 Å². The predicted molar refractivity (Wildman–Crippen MR) is 76.3 cm³/mol. The average molecular weight is 283 g/mol. The summed E-state index contributed by atoms with van der Waals surface area (Å²) in [7, 11) is 1.86. The highest BCUT2D eigenvalue weighted by molar-refractivity contribution is 6.30. The van der Waals surface area contributed by atoms with Crippen LogP contribution in [0.1, 0.15) is 49.8 Å². The van der Waals surface area contributed by atoms with Gasteiger partial charge >= 0.3 is 0 Å². The molecule has 19 heavy (non-hydrogen) atoms. The molecule has 4 heteroatoms. The van der Waals surface area contributed by atoms with Crippen LogP contribution in [-0.4, -0.2) is 20.5 Å². The standard InChI is InChI=1S/C15H23ClN2O/c1-10-13(14(16)18(2)17-10)9-15(19)7-3-4-12(8-15)11-5-6-11/h11-12,19H,3-9H2,1-2H3. The van der Waals surface area contributed by atoms with Crippen LogP contribution in [0.3, 0.4) is 0 Å². The molecule has 0 spiro atoms. The fourth-order valence-electron chi connectivity index (χ4n) is 3.72. The second kappa shape index (κ2) is 4.78. The Bertz CT molecular complexity index is 481. The summed E-state index contributed by atoms with van der Waals surface area (Å²) in [6.07, 6.45) is 7.69. The average Bonchev–Trinajstić information content (AvgIpc) is 3.16. The number of aryl methyl sites for hydroxylation is 2. The third-order valence-corrected chi connectivity index (χ3v) is 5.40. The minimum absolute atomic E-state index is 0.567. The smallest absolute Gasteiger partial charge is 0.130 e. The van der Waals surface area contributed by atoms with E-state index in [2.05, 4.69) is 5.10 Å². The lowest BCUT2D eigenvalue weighted by Crippen LogP contribution is -2.38. The first-order valence-electron chi connectivity index (χ1n) is 7.39. The van der Waals surface area contributed by atoms with Crippen LogP contribution in [0, 0.1) is 18.8 Å². The van der Waals surface area contributed by atoms with Crippen LogP contribution in [0.4, 0.5) is 0 Å². The molecule has 2 aliphatic rings. The van der Waals surface area contributed by atoms with E-state index in [1.165, 1.54) is 19.3 Å². The molecule has 2 saturated carbocycles. The van der Waals surface area contributed by atoms with Gasteiger partial charge in [0.25, 0.3) is 0 Å². The van der Waals surface area contributed by atoms with E-state index < -0.39 is 5.60 Å². The molecule has 3 nitrogen and oxygen atoms in total. The maximum absolute atomic E-state index is 10.9. The molecule has 3 rings (SSSR count). The predicted octanol–water partition coefficient (Wildman–Crippen LogP) is 3.26. The Kier molecular flexibility index (Phi) is 3.38. The number of hydrogen-bond donors (Lipinski definition) is 1. The van der Waals surface area contributed by atoms with Crippen molar-refractivity contribution in [2.75, 3.05) is 0 Å². The van der Waals surface area contributed by atoms with E-state index in [1.54, 1.807) is 4.68 Å². The zero-order chi connectivity index (χ0) is 13.6. The molecule has 1 heterocycles. The number of rotatable bonds is 3. The molecular weight excluding hydrogens is 260 g/mol. The first kappa shape index (κ1) is 13.4. The molecule has 0 aromatic carbocycles. The van der Waals surface area contributed by atoms with Gasteiger partial charge in [-0.2, -0.15) is 5.10 Å². The second-order valence-corrected chi connectivity index (χ2v) is 6.93. The lowest BCUT2D eigenvalue weighted by atomic mass is 9.73. The molecule has 1 aromatic rings. The van der Waals surface area contributed by atoms with Gasteiger partial charge in [0.2, 0.25) is 0 Å². The Morgan fingerprint density at radius 1 is 1.37 bits per heavy atom. The Balaban J connectivity index is 1.76. The number of nitrogens with zero attached hydrogens (tertiary/aromatic N) is 2. The van der Waals surface area contributed by atoms with Gasteiger partial charge in [-0.3, -0.25) is 4.68 Å². The van der Waals surface area contributed by atoms with Crippen molar-refractivity contribution in [2.24, 2.45) is 18.9 Å². The van der Waals surface area contributed by atoms with Crippen LogP contribution in [-0.2, 0) is 13.5 Å². The summed E-state index contributed by atoms with van der Waals surface area (Å²) in [5, 5.41) is 16.0. The Morgan fingerprint density at radius 2 is 2.11 bits per heavy atom. The van der Waals surface area contributed by atoms with Crippen molar-refractivity contribution in [2.45, 2.75) is 57.5 Å². The topological polar surface area (TPSA) is 38.0 Å². The summed E-state index contributed by atoms with van der Waals surface area (Å²) in [6, 6.07) is 0. The highest BCUT2D eigenvalue weighted by atomic mass is 35.5. The zero-order valence-electron chi connectivity index (χ0n) is 11.8. The van der Waals surface area contributed by atoms with Crippen LogP contribution < -0.4 is 0 Å². The third kappa shape index (κ3) is 2.68. The van der Waals surface area contributed by atoms with Crippen LogP contribution in [0.15, 0.2) is 0 Å². The largest absolute Gasteiger partial charge is 0.390 e. The molecule has 106 valence electrons. The van der Waals surface area contributed by atoms with E-state index >= 15 is 0 Å². The van der Waals surface area contributed by atoms with Crippen molar-refractivity contribution in [3.05, 3.63) is 16.4 Å². The Labute approximate surface area is 120 Å². The lowest BCUT2D eigenvalue weighted by molar-refractivity contribution is -0.0196. The van der Waals surface area contributed by atoms with E-state index in [0.29, 0.717) is 11.6 Å². The molecule has 0 aliphatic heterocycles. The highest BCUT2D eigenvalue weighted by Crippen LogP contribution is 2.47. The van der Waals surface area contributed by atoms with Gasteiger partial charge in [0, 0.05) is 19.0 Å². The summed E-state index contributed by atoms with van der Waals surface area (Å²) < 4.78 is 1.71. The molecule has 2 atom stereocenters. The van der Waals surface area contributed by atoms with Gasteiger partial charge in [-0.25, -0.2) is 0 Å². The summed E-state index contributed by atoms with van der Waals surface area (Å²) in [5.41, 5.74) is 1.42. The van der Waals surface area contributed by atoms with Gasteiger partial charge in [0.1, 0.15) is 5.15 Å². The quantitative estimate of drug-likeness (QED) is 0.924. The van der Waals surface area contributed by atoms with Gasteiger partial charge in [0.15, 0.2) is 0 Å². The van der Waals surface area contributed by atoms with Crippen molar-refractivity contribution < 1.29 is 5.11 Å². The van der Waals surface area contributed by atoms with Crippen LogP contribution in [0.25, 0.3) is 0 Å². The van der Waals surface area contributed by atoms with E-state index in [9.17, 15) is 5.11 Å². The Hall–Kier alpha value is -0.540. The molecule has 2 unspecified atom stereocenters. The molecule has 1 aromatic heterocycles. The molecule has 2 aliphatic carbocycles. The van der Waals surface area contributed by atoms with E-state index in [4.69, 9.17) is 11.6 Å². The highest BCUT2D eigenvalue weighted by Gasteiger charge is 2.41. The summed E-state index contributed by atoms with van der Waals surface area (Å²) in [6.45, 7) is 1.98. The van der Waals surface area contributed by atoms with E-state index in [0.717, 1.165) is 42.4 Å². The van der Waals surface area contributed by atoms with Crippen LogP contribution in [0.5, 0.6) is 0 Å². The molecule has 0 bridgehead atoms. The molecule has 0 saturated heterocycles. The van der Waals surface area contributed by atoms with Crippen molar-refractivity contribution >= 4 is 11.6 Å². The summed E-state index contributed by atoms with van der Waals surface area (Å²) >= 11 is 6.30. The van der Waals surface area contributed by atoms with Crippen molar-refractivity contribution in [3.8, 4) is 0 Å². The van der Waals surface area contributed by atoms with Crippen molar-refractivity contribution in [1.82, 2.24) is 9.78 Å².